The minimum Gasteiger partial charge on any atom is -0.313 e. The van der Waals surface area contributed by atoms with Crippen molar-refractivity contribution < 1.29 is 0 Å². The van der Waals surface area contributed by atoms with E-state index in [1.54, 1.807) is 0 Å². The van der Waals surface area contributed by atoms with Crippen molar-refractivity contribution in [3.8, 4) is 0 Å². The molecule has 86 valence electrons. The minimum atomic E-state index is 0.817. The van der Waals surface area contributed by atoms with Crippen molar-refractivity contribution in [3.63, 3.8) is 0 Å². The Morgan fingerprint density at radius 3 is 2.81 bits per heavy atom. The lowest BCUT2D eigenvalue weighted by molar-refractivity contribution is 0.483. The Kier molecular flexibility index (Phi) is 4.63. The summed E-state index contributed by atoms with van der Waals surface area (Å²) in [7, 11) is 0. The molecule has 0 amide bonds. The van der Waals surface area contributed by atoms with Gasteiger partial charge in [-0.3, -0.25) is 0 Å². The summed E-state index contributed by atoms with van der Waals surface area (Å²) in [5, 5.41) is 3.52. The van der Waals surface area contributed by atoms with Gasteiger partial charge in [-0.2, -0.15) is 0 Å². The first-order valence-corrected chi connectivity index (χ1v) is 6.36. The Labute approximate surface area is 98.6 Å². The normalized spacial score (nSPS) is 19.9. The fourth-order valence-corrected chi connectivity index (χ4v) is 2.24. The van der Waals surface area contributed by atoms with E-state index in [-0.39, 0.29) is 0 Å². The van der Waals surface area contributed by atoms with Crippen molar-refractivity contribution in [2.24, 2.45) is 5.92 Å². The van der Waals surface area contributed by atoms with Crippen LogP contribution in [-0.4, -0.2) is 6.54 Å². The van der Waals surface area contributed by atoms with E-state index in [0.29, 0.717) is 0 Å². The summed E-state index contributed by atoms with van der Waals surface area (Å²) in [6.45, 7) is 2.13. The maximum absolute atomic E-state index is 3.52. The number of hydrogen-bond donors (Lipinski definition) is 1. The van der Waals surface area contributed by atoms with Gasteiger partial charge in [0.15, 0.2) is 0 Å². The number of rotatable bonds is 5. The highest BCUT2D eigenvalue weighted by atomic mass is 14.8. The number of hydrogen-bond acceptors (Lipinski definition) is 1. The first-order chi connectivity index (χ1) is 7.95. The predicted octanol–water partition coefficient (Wildman–Crippen LogP) is 3.52. The molecule has 0 fully saturated rings. The van der Waals surface area contributed by atoms with Gasteiger partial charge in [-0.25, -0.2) is 0 Å². The van der Waals surface area contributed by atoms with Crippen molar-refractivity contribution >= 4 is 0 Å². The second kappa shape index (κ2) is 6.49. The summed E-state index contributed by atoms with van der Waals surface area (Å²) in [6.07, 6.45) is 10.1. The summed E-state index contributed by atoms with van der Waals surface area (Å²) < 4.78 is 0. The Morgan fingerprint density at radius 1 is 1.19 bits per heavy atom. The molecule has 1 aromatic carbocycles. The summed E-state index contributed by atoms with van der Waals surface area (Å²) >= 11 is 0. The number of allylic oxidation sites excluding steroid dienone is 2. The Hall–Kier alpha value is -1.08. The molecule has 1 N–H and O–H groups in total. The second-order valence-electron chi connectivity index (χ2n) is 4.57. The Morgan fingerprint density at radius 2 is 2.06 bits per heavy atom. The van der Waals surface area contributed by atoms with Gasteiger partial charge in [0.1, 0.15) is 0 Å². The average Bonchev–Trinajstić information content (AvgIpc) is 2.37. The summed E-state index contributed by atoms with van der Waals surface area (Å²) in [6, 6.07) is 10.6. The van der Waals surface area contributed by atoms with Crippen molar-refractivity contribution in [3.05, 3.63) is 48.0 Å². The zero-order valence-corrected chi connectivity index (χ0v) is 9.86. The molecule has 1 atom stereocenters. The fraction of sp³-hybridized carbons (Fsp3) is 0.467. The van der Waals surface area contributed by atoms with Crippen LogP contribution in [0, 0.1) is 5.92 Å². The highest BCUT2D eigenvalue weighted by molar-refractivity contribution is 5.14. The number of nitrogens with one attached hydrogen (secondary N) is 1. The van der Waals surface area contributed by atoms with Gasteiger partial charge in [0.2, 0.25) is 0 Å². The van der Waals surface area contributed by atoms with Gasteiger partial charge in [0.05, 0.1) is 0 Å². The van der Waals surface area contributed by atoms with Crippen LogP contribution in [-0.2, 0) is 6.54 Å². The van der Waals surface area contributed by atoms with E-state index in [0.717, 1.165) is 19.0 Å². The van der Waals surface area contributed by atoms with Gasteiger partial charge < -0.3 is 5.32 Å². The van der Waals surface area contributed by atoms with E-state index in [4.69, 9.17) is 0 Å². The van der Waals surface area contributed by atoms with Crippen LogP contribution in [0.15, 0.2) is 42.5 Å². The van der Waals surface area contributed by atoms with Gasteiger partial charge in [-0.1, -0.05) is 42.5 Å². The highest BCUT2D eigenvalue weighted by Crippen LogP contribution is 2.19. The summed E-state index contributed by atoms with van der Waals surface area (Å²) in [5.41, 5.74) is 1.38. The third-order valence-electron chi connectivity index (χ3n) is 3.22. The van der Waals surface area contributed by atoms with Crippen LogP contribution in [0.3, 0.4) is 0 Å². The van der Waals surface area contributed by atoms with E-state index in [1.165, 1.54) is 31.2 Å². The zero-order chi connectivity index (χ0) is 11.1. The van der Waals surface area contributed by atoms with Crippen molar-refractivity contribution in [1.82, 2.24) is 5.32 Å². The molecule has 1 aliphatic rings. The lowest BCUT2D eigenvalue weighted by atomic mass is 9.93. The van der Waals surface area contributed by atoms with Gasteiger partial charge >= 0.3 is 0 Å². The van der Waals surface area contributed by atoms with E-state index in [2.05, 4.69) is 47.8 Å². The van der Waals surface area contributed by atoms with Crippen LogP contribution in [0.2, 0.25) is 0 Å². The molecule has 1 aliphatic carbocycles. The molecule has 1 aromatic rings. The van der Waals surface area contributed by atoms with E-state index >= 15 is 0 Å². The molecule has 0 aliphatic heterocycles. The maximum atomic E-state index is 3.52. The molecule has 2 rings (SSSR count). The molecule has 0 saturated heterocycles. The van der Waals surface area contributed by atoms with Crippen LogP contribution in [0.25, 0.3) is 0 Å². The van der Waals surface area contributed by atoms with E-state index in [1.807, 2.05) is 0 Å². The third-order valence-corrected chi connectivity index (χ3v) is 3.22. The number of benzene rings is 1. The Balaban J connectivity index is 1.61. The molecule has 1 heteroatoms. The fourth-order valence-electron chi connectivity index (χ4n) is 2.24. The minimum absolute atomic E-state index is 0.817. The molecule has 0 radical (unpaired) electrons. The van der Waals surface area contributed by atoms with E-state index in [9.17, 15) is 0 Å². The molecule has 0 spiro atoms. The van der Waals surface area contributed by atoms with Crippen LogP contribution in [0.4, 0.5) is 0 Å². The van der Waals surface area contributed by atoms with Crippen LogP contribution in [0.1, 0.15) is 31.2 Å². The second-order valence-corrected chi connectivity index (χ2v) is 4.57. The van der Waals surface area contributed by atoms with E-state index < -0.39 is 0 Å². The largest absolute Gasteiger partial charge is 0.313 e. The standard InChI is InChI=1S/C15H21N/c1-3-7-14(8-4-1)11-12-16-13-15-9-5-2-6-10-15/h2-3,5-7,9-10,14,16H,1,4,8,11-13H2/t14-/m1/s1. The highest BCUT2D eigenvalue weighted by Gasteiger charge is 2.07. The van der Waals surface area contributed by atoms with Crippen LogP contribution >= 0.6 is 0 Å². The molecular formula is C15H21N. The SMILES string of the molecule is C1=C[C@@H](CCNCc2ccccc2)CCC1. The smallest absolute Gasteiger partial charge is 0.0205 e. The molecule has 16 heavy (non-hydrogen) atoms. The molecule has 0 heterocycles. The molecule has 1 nitrogen and oxygen atoms in total. The van der Waals surface area contributed by atoms with Gasteiger partial charge in [0.25, 0.3) is 0 Å². The molecule has 0 unspecified atom stereocenters. The first-order valence-electron chi connectivity index (χ1n) is 6.36. The lowest BCUT2D eigenvalue weighted by Gasteiger charge is -2.16. The van der Waals surface area contributed by atoms with Crippen molar-refractivity contribution in [2.45, 2.75) is 32.2 Å². The molecular weight excluding hydrogens is 194 g/mol. The topological polar surface area (TPSA) is 12.0 Å². The lowest BCUT2D eigenvalue weighted by Crippen LogP contribution is -2.17. The van der Waals surface area contributed by atoms with Gasteiger partial charge in [-0.15, -0.1) is 0 Å². The molecule has 0 aromatic heterocycles. The van der Waals surface area contributed by atoms with Gasteiger partial charge in [-0.05, 0) is 43.7 Å². The van der Waals surface area contributed by atoms with Crippen molar-refractivity contribution in [2.75, 3.05) is 6.54 Å². The summed E-state index contributed by atoms with van der Waals surface area (Å²) in [4.78, 5) is 0. The predicted molar refractivity (Wildman–Crippen MR) is 69.2 cm³/mol. The zero-order valence-electron chi connectivity index (χ0n) is 9.86. The molecule has 0 saturated carbocycles. The van der Waals surface area contributed by atoms with Crippen LogP contribution < -0.4 is 5.32 Å². The summed E-state index contributed by atoms with van der Waals surface area (Å²) in [5.74, 6) is 0.817. The Bertz CT molecular complexity index is 315. The average molecular weight is 215 g/mol. The molecule has 0 bridgehead atoms. The maximum Gasteiger partial charge on any atom is 0.0205 e. The van der Waals surface area contributed by atoms with Crippen LogP contribution in [0.5, 0.6) is 0 Å². The first kappa shape index (κ1) is 11.4. The third kappa shape index (κ3) is 3.82. The quantitative estimate of drug-likeness (QED) is 0.585. The van der Waals surface area contributed by atoms with Gasteiger partial charge in [0, 0.05) is 6.54 Å². The monoisotopic (exact) mass is 215 g/mol. The van der Waals surface area contributed by atoms with Crippen molar-refractivity contribution in [1.29, 1.82) is 0 Å².